The van der Waals surface area contributed by atoms with E-state index in [0.717, 1.165) is 48.9 Å². The number of H-pyrrole nitrogens is 1. The van der Waals surface area contributed by atoms with Crippen LogP contribution in [0.1, 0.15) is 34.7 Å². The van der Waals surface area contributed by atoms with Crippen LogP contribution in [0.4, 0.5) is 0 Å². The lowest BCUT2D eigenvalue weighted by Crippen LogP contribution is -2.41. The zero-order valence-electron chi connectivity index (χ0n) is 16.5. The van der Waals surface area contributed by atoms with E-state index in [0.29, 0.717) is 12.7 Å². The number of ether oxygens (including phenoxy) is 2. The van der Waals surface area contributed by atoms with E-state index in [1.807, 2.05) is 18.3 Å². The Bertz CT molecular complexity index is 1040. The molecular weight excluding hydrogens is 380 g/mol. The van der Waals surface area contributed by atoms with Crippen LogP contribution in [-0.2, 0) is 6.42 Å². The van der Waals surface area contributed by atoms with E-state index in [9.17, 15) is 0 Å². The molecule has 2 aromatic heterocycles. The molecule has 3 aliphatic rings. The summed E-state index contributed by atoms with van der Waals surface area (Å²) < 4.78 is 11.1. The average molecular weight is 404 g/mol. The third-order valence-electron chi connectivity index (χ3n) is 6.31. The Morgan fingerprint density at radius 2 is 2.07 bits per heavy atom. The number of nitrogens with one attached hydrogen (secondary N) is 3. The van der Waals surface area contributed by atoms with Gasteiger partial charge in [-0.2, -0.15) is 0 Å². The summed E-state index contributed by atoms with van der Waals surface area (Å²) in [7, 11) is 0. The Labute approximate surface area is 174 Å². The summed E-state index contributed by atoms with van der Waals surface area (Å²) in [4.78, 5) is 15.2. The topological polar surface area (TPSA) is 87.3 Å². The van der Waals surface area contributed by atoms with Gasteiger partial charge in [0.05, 0.1) is 29.8 Å². The third-order valence-corrected chi connectivity index (χ3v) is 6.31. The monoisotopic (exact) mass is 404 g/mol. The minimum Gasteiger partial charge on any atom is -0.454 e. The smallest absolute Gasteiger partial charge is 0.231 e. The van der Waals surface area contributed by atoms with E-state index in [1.54, 1.807) is 6.33 Å². The van der Waals surface area contributed by atoms with E-state index in [1.165, 1.54) is 11.3 Å². The van der Waals surface area contributed by atoms with Gasteiger partial charge in [0.2, 0.25) is 6.79 Å². The summed E-state index contributed by atoms with van der Waals surface area (Å²) in [5.74, 6) is 2.04. The number of hydrogen-bond acceptors (Lipinski definition) is 7. The summed E-state index contributed by atoms with van der Waals surface area (Å²) >= 11 is 0. The molecule has 6 rings (SSSR count). The minimum absolute atomic E-state index is 0.0687. The number of pyridine rings is 1. The van der Waals surface area contributed by atoms with Crippen molar-refractivity contribution >= 4 is 0 Å². The molecule has 3 aliphatic heterocycles. The second-order valence-corrected chi connectivity index (χ2v) is 8.04. The van der Waals surface area contributed by atoms with Crippen LogP contribution in [0.5, 0.6) is 11.5 Å². The normalized spacial score (nSPS) is 25.4. The van der Waals surface area contributed by atoms with Crippen molar-refractivity contribution in [2.75, 3.05) is 26.4 Å². The van der Waals surface area contributed by atoms with Crippen LogP contribution >= 0.6 is 0 Å². The summed E-state index contributed by atoms with van der Waals surface area (Å²) in [5.41, 5.74) is 11.4. The maximum absolute atomic E-state index is 5.59. The van der Waals surface area contributed by atoms with E-state index in [2.05, 4.69) is 55.0 Å². The molecule has 5 heterocycles. The standard InChI is InChI=1S/C22H24N6O2/c1-2-7-23-17(3-1)22-21-16(24-12-25-21)6-8-28(22)11-15-10-26-27-20(15)14-4-5-18-19(9-14)30-13-29-18/h1-5,7,9,12,15,20,22,26-27H,6,8,10-11,13H2,(H,24,25). The predicted octanol–water partition coefficient (Wildman–Crippen LogP) is 1.95. The highest BCUT2D eigenvalue weighted by molar-refractivity contribution is 5.45. The first-order valence-corrected chi connectivity index (χ1v) is 10.4. The van der Waals surface area contributed by atoms with Crippen LogP contribution in [0.2, 0.25) is 0 Å². The number of hydrazine groups is 1. The van der Waals surface area contributed by atoms with Crippen molar-refractivity contribution in [3.63, 3.8) is 0 Å². The van der Waals surface area contributed by atoms with Crippen LogP contribution in [0.3, 0.4) is 0 Å². The van der Waals surface area contributed by atoms with E-state index < -0.39 is 0 Å². The molecule has 0 spiro atoms. The van der Waals surface area contributed by atoms with Gasteiger partial charge in [-0.15, -0.1) is 0 Å². The van der Waals surface area contributed by atoms with Crippen molar-refractivity contribution < 1.29 is 9.47 Å². The molecule has 0 bridgehead atoms. The largest absolute Gasteiger partial charge is 0.454 e. The SMILES string of the molecule is c1ccc(C2c3nc[nH]c3CCN2CC2CNNC2c2ccc3c(c2)OCO3)nc1. The maximum Gasteiger partial charge on any atom is 0.231 e. The molecule has 3 N–H and O–H groups in total. The number of aromatic nitrogens is 3. The highest BCUT2D eigenvalue weighted by Gasteiger charge is 2.37. The molecule has 0 amide bonds. The third kappa shape index (κ3) is 3.04. The van der Waals surface area contributed by atoms with Crippen molar-refractivity contribution in [3.8, 4) is 11.5 Å². The molecule has 3 atom stereocenters. The van der Waals surface area contributed by atoms with Gasteiger partial charge in [-0.25, -0.2) is 10.4 Å². The van der Waals surface area contributed by atoms with Crippen LogP contribution in [0.15, 0.2) is 48.9 Å². The van der Waals surface area contributed by atoms with Crippen LogP contribution in [0, 0.1) is 5.92 Å². The van der Waals surface area contributed by atoms with Gasteiger partial charge >= 0.3 is 0 Å². The van der Waals surface area contributed by atoms with Gasteiger partial charge in [-0.05, 0) is 29.8 Å². The van der Waals surface area contributed by atoms with Gasteiger partial charge in [0, 0.05) is 43.9 Å². The fourth-order valence-electron chi connectivity index (χ4n) is 4.86. The van der Waals surface area contributed by atoms with Crippen molar-refractivity contribution in [2.45, 2.75) is 18.5 Å². The summed E-state index contributed by atoms with van der Waals surface area (Å²) in [5, 5.41) is 0. The number of imidazole rings is 1. The minimum atomic E-state index is 0.0687. The summed E-state index contributed by atoms with van der Waals surface area (Å²) in [6, 6.07) is 12.6. The zero-order chi connectivity index (χ0) is 19.9. The molecule has 3 aromatic rings. The lowest BCUT2D eigenvalue weighted by Gasteiger charge is -2.37. The number of benzene rings is 1. The number of hydrogen-bond donors (Lipinski definition) is 3. The molecule has 1 aromatic carbocycles. The number of nitrogens with zero attached hydrogens (tertiary/aromatic N) is 3. The zero-order valence-corrected chi connectivity index (χ0v) is 16.5. The van der Waals surface area contributed by atoms with Crippen molar-refractivity contribution in [1.29, 1.82) is 0 Å². The highest BCUT2D eigenvalue weighted by atomic mass is 16.7. The van der Waals surface area contributed by atoms with Crippen molar-refractivity contribution in [2.24, 2.45) is 5.92 Å². The molecule has 30 heavy (non-hydrogen) atoms. The number of aromatic amines is 1. The first kappa shape index (κ1) is 17.9. The Kier molecular flexibility index (Phi) is 4.40. The fraction of sp³-hybridized carbons (Fsp3) is 0.364. The Hall–Kier alpha value is -2.94. The van der Waals surface area contributed by atoms with Crippen LogP contribution in [-0.4, -0.2) is 46.3 Å². The average Bonchev–Trinajstić information content (AvgIpc) is 3.54. The predicted molar refractivity (Wildman–Crippen MR) is 110 cm³/mol. The molecule has 8 nitrogen and oxygen atoms in total. The fourth-order valence-corrected chi connectivity index (χ4v) is 4.86. The lowest BCUT2D eigenvalue weighted by molar-refractivity contribution is 0.170. The van der Waals surface area contributed by atoms with Crippen LogP contribution < -0.4 is 20.3 Å². The Morgan fingerprint density at radius 1 is 1.10 bits per heavy atom. The highest BCUT2D eigenvalue weighted by Crippen LogP contribution is 2.38. The molecule has 3 unspecified atom stereocenters. The molecule has 0 saturated carbocycles. The molecule has 1 fully saturated rings. The second-order valence-electron chi connectivity index (χ2n) is 8.04. The quantitative estimate of drug-likeness (QED) is 0.613. The van der Waals surface area contributed by atoms with Gasteiger partial charge in [0.25, 0.3) is 0 Å². The van der Waals surface area contributed by atoms with E-state index in [4.69, 9.17) is 9.47 Å². The van der Waals surface area contributed by atoms with Crippen LogP contribution in [0.25, 0.3) is 0 Å². The van der Waals surface area contributed by atoms with Gasteiger partial charge in [0.1, 0.15) is 0 Å². The van der Waals surface area contributed by atoms with Gasteiger partial charge in [-0.3, -0.25) is 15.3 Å². The first-order chi connectivity index (χ1) is 14.9. The molecule has 154 valence electrons. The molecular formula is C22H24N6O2. The molecule has 1 saturated heterocycles. The molecule has 0 radical (unpaired) electrons. The molecule has 0 aliphatic carbocycles. The summed E-state index contributed by atoms with van der Waals surface area (Å²) in [6.45, 7) is 3.11. The van der Waals surface area contributed by atoms with Crippen molar-refractivity contribution in [3.05, 3.63) is 71.6 Å². The summed E-state index contributed by atoms with van der Waals surface area (Å²) in [6.07, 6.45) is 4.64. The van der Waals surface area contributed by atoms with Crippen molar-refractivity contribution in [1.82, 2.24) is 30.7 Å². The first-order valence-electron chi connectivity index (χ1n) is 10.4. The Balaban J connectivity index is 1.28. The van der Waals surface area contributed by atoms with Gasteiger partial charge < -0.3 is 14.5 Å². The number of fused-ring (bicyclic) bond motifs is 2. The van der Waals surface area contributed by atoms with E-state index >= 15 is 0 Å². The number of rotatable bonds is 4. The Morgan fingerprint density at radius 3 is 3.00 bits per heavy atom. The maximum atomic E-state index is 5.59. The van der Waals surface area contributed by atoms with Gasteiger partial charge in [-0.1, -0.05) is 12.1 Å². The van der Waals surface area contributed by atoms with Gasteiger partial charge in [0.15, 0.2) is 11.5 Å². The van der Waals surface area contributed by atoms with E-state index in [-0.39, 0.29) is 12.1 Å². The lowest BCUT2D eigenvalue weighted by atomic mass is 9.91. The second kappa shape index (κ2) is 7.39. The molecule has 8 heteroatoms.